The molecule has 0 aliphatic heterocycles. The Morgan fingerprint density at radius 2 is 0.493 bits per heavy atom. The summed E-state index contributed by atoms with van der Waals surface area (Å²) in [4.78, 5) is 38.2. The lowest BCUT2D eigenvalue weighted by molar-refractivity contribution is -0.167. The van der Waals surface area contributed by atoms with Crippen molar-refractivity contribution in [2.45, 2.75) is 355 Å². The zero-order valence-corrected chi connectivity index (χ0v) is 45.9. The zero-order valence-electron chi connectivity index (χ0n) is 45.9. The molecule has 0 bridgehead atoms. The van der Waals surface area contributed by atoms with Gasteiger partial charge in [-0.25, -0.2) is 0 Å². The van der Waals surface area contributed by atoms with Crippen LogP contribution < -0.4 is 0 Å². The van der Waals surface area contributed by atoms with Crippen molar-refractivity contribution in [1.82, 2.24) is 0 Å². The zero-order chi connectivity index (χ0) is 48.8. The number of esters is 3. The van der Waals surface area contributed by atoms with Gasteiger partial charge in [0, 0.05) is 19.3 Å². The van der Waals surface area contributed by atoms with Crippen LogP contribution in [-0.4, -0.2) is 37.2 Å². The van der Waals surface area contributed by atoms with Gasteiger partial charge < -0.3 is 14.2 Å². The fraction of sp³-hybridized carbons (Fsp3) is 0.951. The fourth-order valence-corrected chi connectivity index (χ4v) is 9.46. The lowest BCUT2D eigenvalue weighted by Gasteiger charge is -2.18. The van der Waals surface area contributed by atoms with E-state index in [-0.39, 0.29) is 31.1 Å². The third-order valence-corrected chi connectivity index (χ3v) is 14.0. The molecule has 6 nitrogen and oxygen atoms in total. The molecule has 0 aliphatic carbocycles. The van der Waals surface area contributed by atoms with Crippen LogP contribution in [0.15, 0.2) is 0 Å². The molecule has 0 unspecified atom stereocenters. The van der Waals surface area contributed by atoms with Crippen LogP contribution >= 0.6 is 0 Å². The molecule has 398 valence electrons. The number of ether oxygens (including phenoxy) is 3. The largest absolute Gasteiger partial charge is 0.462 e. The maximum Gasteiger partial charge on any atom is 0.306 e. The summed E-state index contributed by atoms with van der Waals surface area (Å²) in [6.07, 6.45) is 61.0. The standard InChI is InChI=1S/C61H118O6/c1-5-7-9-11-13-15-17-18-19-22-27-30-34-38-42-46-50-54-61(64)67-58(55-65-59(62)52-48-44-40-36-31-16-14-12-10-8-6-2)56-66-60(63)53-49-45-41-37-33-29-26-24-21-20-23-25-28-32-35-39-43-47-51-57(3)4/h57-58H,5-56H2,1-4H3/t58-/m1/s1. The van der Waals surface area contributed by atoms with Crippen molar-refractivity contribution in [3.8, 4) is 0 Å². The Balaban J connectivity index is 4.22. The maximum atomic E-state index is 12.9. The van der Waals surface area contributed by atoms with Crippen LogP contribution in [0.2, 0.25) is 0 Å². The van der Waals surface area contributed by atoms with Crippen LogP contribution in [0.4, 0.5) is 0 Å². The van der Waals surface area contributed by atoms with Crippen LogP contribution in [0.25, 0.3) is 0 Å². The monoisotopic (exact) mass is 947 g/mol. The predicted octanol–water partition coefficient (Wildman–Crippen LogP) is 20.2. The van der Waals surface area contributed by atoms with E-state index in [9.17, 15) is 14.4 Å². The quantitative estimate of drug-likeness (QED) is 0.0343. The second-order valence-corrected chi connectivity index (χ2v) is 21.5. The average molecular weight is 948 g/mol. The van der Waals surface area contributed by atoms with E-state index in [4.69, 9.17) is 14.2 Å². The van der Waals surface area contributed by atoms with Crippen molar-refractivity contribution < 1.29 is 28.6 Å². The van der Waals surface area contributed by atoms with Gasteiger partial charge in [0.05, 0.1) is 0 Å². The second-order valence-electron chi connectivity index (χ2n) is 21.5. The number of rotatable bonds is 56. The van der Waals surface area contributed by atoms with Gasteiger partial charge in [0.1, 0.15) is 13.2 Å². The Hall–Kier alpha value is -1.59. The van der Waals surface area contributed by atoms with Crippen molar-refractivity contribution in [3.05, 3.63) is 0 Å². The van der Waals surface area contributed by atoms with Gasteiger partial charge in [-0.2, -0.15) is 0 Å². The summed E-state index contributed by atoms with van der Waals surface area (Å²) < 4.78 is 16.9. The van der Waals surface area contributed by atoms with Gasteiger partial charge in [0.2, 0.25) is 0 Å². The molecule has 0 saturated carbocycles. The summed E-state index contributed by atoms with van der Waals surface area (Å²) in [7, 11) is 0. The van der Waals surface area contributed by atoms with Gasteiger partial charge in [-0.3, -0.25) is 14.4 Å². The SMILES string of the molecule is CCCCCCCCCCCCCCCCCCCC(=O)O[C@H](COC(=O)CCCCCCCCCCCCC)COC(=O)CCCCCCCCCCCCCCCCCCCCC(C)C. The Kier molecular flexibility index (Phi) is 54.0. The number of carbonyl (C=O) groups is 3. The molecule has 0 saturated heterocycles. The van der Waals surface area contributed by atoms with Crippen molar-refractivity contribution in [2.24, 2.45) is 5.92 Å². The molecule has 0 radical (unpaired) electrons. The molecule has 0 spiro atoms. The van der Waals surface area contributed by atoms with Crippen LogP contribution in [0.1, 0.15) is 349 Å². The molecule has 0 aromatic rings. The van der Waals surface area contributed by atoms with Crippen LogP contribution in [0.5, 0.6) is 0 Å². The summed E-state index contributed by atoms with van der Waals surface area (Å²) >= 11 is 0. The molecular weight excluding hydrogens is 829 g/mol. The summed E-state index contributed by atoms with van der Waals surface area (Å²) in [6.45, 7) is 9.08. The third kappa shape index (κ3) is 55.2. The van der Waals surface area contributed by atoms with E-state index in [0.29, 0.717) is 19.3 Å². The molecule has 1 atom stereocenters. The van der Waals surface area contributed by atoms with E-state index >= 15 is 0 Å². The van der Waals surface area contributed by atoms with Gasteiger partial charge >= 0.3 is 17.9 Å². The minimum absolute atomic E-state index is 0.0615. The predicted molar refractivity (Wildman–Crippen MR) is 289 cm³/mol. The van der Waals surface area contributed by atoms with E-state index in [0.717, 1.165) is 63.7 Å². The fourth-order valence-electron chi connectivity index (χ4n) is 9.46. The molecule has 0 N–H and O–H groups in total. The first-order valence-corrected chi connectivity index (χ1v) is 30.4. The highest BCUT2D eigenvalue weighted by Crippen LogP contribution is 2.18. The van der Waals surface area contributed by atoms with Crippen molar-refractivity contribution in [3.63, 3.8) is 0 Å². The topological polar surface area (TPSA) is 78.9 Å². The molecule has 6 heteroatoms. The highest BCUT2D eigenvalue weighted by molar-refractivity contribution is 5.71. The lowest BCUT2D eigenvalue weighted by Crippen LogP contribution is -2.30. The molecule has 67 heavy (non-hydrogen) atoms. The van der Waals surface area contributed by atoms with Gasteiger partial charge in [0.25, 0.3) is 0 Å². The third-order valence-electron chi connectivity index (χ3n) is 14.0. The number of carbonyl (C=O) groups excluding carboxylic acids is 3. The maximum absolute atomic E-state index is 12.9. The molecule has 0 rings (SSSR count). The summed E-state index contributed by atoms with van der Waals surface area (Å²) in [6, 6.07) is 0. The Labute approximate surface area is 418 Å². The average Bonchev–Trinajstić information content (AvgIpc) is 3.31. The van der Waals surface area contributed by atoms with Crippen molar-refractivity contribution in [1.29, 1.82) is 0 Å². The van der Waals surface area contributed by atoms with Crippen molar-refractivity contribution >= 4 is 17.9 Å². The van der Waals surface area contributed by atoms with Gasteiger partial charge in [0.15, 0.2) is 6.10 Å². The van der Waals surface area contributed by atoms with Crippen LogP contribution in [-0.2, 0) is 28.6 Å². The first-order valence-electron chi connectivity index (χ1n) is 30.4. The van der Waals surface area contributed by atoms with Gasteiger partial charge in [-0.15, -0.1) is 0 Å². The second kappa shape index (κ2) is 55.3. The molecule has 0 aromatic carbocycles. The van der Waals surface area contributed by atoms with E-state index in [1.807, 2.05) is 0 Å². The minimum atomic E-state index is -0.761. The first kappa shape index (κ1) is 65.4. The van der Waals surface area contributed by atoms with E-state index < -0.39 is 6.10 Å². The van der Waals surface area contributed by atoms with Crippen molar-refractivity contribution in [2.75, 3.05) is 13.2 Å². The molecule has 0 amide bonds. The van der Waals surface area contributed by atoms with Crippen LogP contribution in [0, 0.1) is 5.92 Å². The number of hydrogen-bond donors (Lipinski definition) is 0. The van der Waals surface area contributed by atoms with Crippen LogP contribution in [0.3, 0.4) is 0 Å². The highest BCUT2D eigenvalue weighted by Gasteiger charge is 2.19. The first-order chi connectivity index (χ1) is 32.9. The summed E-state index contributed by atoms with van der Waals surface area (Å²) in [5.74, 6) is 0.0264. The van der Waals surface area contributed by atoms with E-state index in [1.54, 1.807) is 0 Å². The van der Waals surface area contributed by atoms with Gasteiger partial charge in [-0.05, 0) is 25.2 Å². The highest BCUT2D eigenvalue weighted by atomic mass is 16.6. The molecule has 0 aromatic heterocycles. The molecule has 0 heterocycles. The van der Waals surface area contributed by atoms with E-state index in [1.165, 1.54) is 244 Å². The molecule has 0 aliphatic rings. The lowest BCUT2D eigenvalue weighted by atomic mass is 10.0. The summed E-state index contributed by atoms with van der Waals surface area (Å²) in [5.41, 5.74) is 0. The van der Waals surface area contributed by atoms with Gasteiger partial charge in [-0.1, -0.05) is 310 Å². The smallest absolute Gasteiger partial charge is 0.306 e. The Bertz CT molecular complexity index is 1010. The van der Waals surface area contributed by atoms with E-state index in [2.05, 4.69) is 27.7 Å². The Morgan fingerprint density at radius 3 is 0.731 bits per heavy atom. The normalized spacial score (nSPS) is 12.0. The molecule has 0 fully saturated rings. The summed E-state index contributed by atoms with van der Waals surface area (Å²) in [5, 5.41) is 0. The Morgan fingerprint density at radius 1 is 0.284 bits per heavy atom. The minimum Gasteiger partial charge on any atom is -0.462 e. The number of hydrogen-bond acceptors (Lipinski definition) is 6. The number of unbranched alkanes of at least 4 members (excludes halogenated alkanes) is 43. The molecular formula is C61H118O6.